The number of rotatable bonds is 7. The maximum atomic E-state index is 11.5. The van der Waals surface area contributed by atoms with Gasteiger partial charge in [-0.15, -0.1) is 0 Å². The molecule has 0 heterocycles. The molecule has 1 amide bonds. The van der Waals surface area contributed by atoms with Crippen LogP contribution in [0.15, 0.2) is 0 Å². The molecule has 0 aliphatic heterocycles. The van der Waals surface area contributed by atoms with Gasteiger partial charge >= 0.3 is 0 Å². The third-order valence-electron chi connectivity index (χ3n) is 2.39. The van der Waals surface area contributed by atoms with E-state index in [1.54, 1.807) is 6.26 Å². The van der Waals surface area contributed by atoms with Crippen LogP contribution in [0.2, 0.25) is 0 Å². The first-order valence-corrected chi connectivity index (χ1v) is 7.32. The summed E-state index contributed by atoms with van der Waals surface area (Å²) in [6, 6.07) is -0.0290. The summed E-state index contributed by atoms with van der Waals surface area (Å²) < 4.78 is 11.1. The highest BCUT2D eigenvalue weighted by atomic mass is 32.2. The molecule has 96 valence electrons. The minimum atomic E-state index is -0.785. The lowest BCUT2D eigenvalue weighted by molar-refractivity contribution is -0.123. The Morgan fingerprint density at radius 1 is 1.25 bits per heavy atom. The van der Waals surface area contributed by atoms with Crippen molar-refractivity contribution >= 4 is 16.7 Å². The summed E-state index contributed by atoms with van der Waals surface area (Å²) in [5, 5.41) is 6.14. The number of hydrogen-bond acceptors (Lipinski definition) is 3. The molecular formula is C11H24N2O2S. The normalized spacial score (nSPS) is 16.9. The molecule has 16 heavy (non-hydrogen) atoms. The lowest BCUT2D eigenvalue weighted by Crippen LogP contribution is -2.45. The molecule has 0 bridgehead atoms. The van der Waals surface area contributed by atoms with E-state index in [2.05, 4.69) is 10.6 Å². The summed E-state index contributed by atoms with van der Waals surface area (Å²) in [4.78, 5) is 11.5. The molecule has 0 aromatic carbocycles. The van der Waals surface area contributed by atoms with Crippen molar-refractivity contribution in [3.8, 4) is 0 Å². The quantitative estimate of drug-likeness (QED) is 0.695. The monoisotopic (exact) mass is 248 g/mol. The van der Waals surface area contributed by atoms with E-state index in [0.29, 0.717) is 6.54 Å². The second kappa shape index (κ2) is 7.79. The predicted molar refractivity (Wildman–Crippen MR) is 68.9 cm³/mol. The Balaban J connectivity index is 3.76. The average molecular weight is 248 g/mol. The first-order chi connectivity index (χ1) is 7.34. The van der Waals surface area contributed by atoms with Crippen molar-refractivity contribution in [2.75, 3.05) is 12.8 Å². The van der Waals surface area contributed by atoms with Crippen LogP contribution in [0.5, 0.6) is 0 Å². The van der Waals surface area contributed by atoms with E-state index >= 15 is 0 Å². The molecule has 0 saturated carbocycles. The topological polar surface area (TPSA) is 58.2 Å². The van der Waals surface area contributed by atoms with Gasteiger partial charge < -0.3 is 10.6 Å². The van der Waals surface area contributed by atoms with Crippen LogP contribution in [0.25, 0.3) is 0 Å². The molecule has 0 rings (SSSR count). The molecule has 0 aromatic heterocycles. The van der Waals surface area contributed by atoms with Gasteiger partial charge in [0, 0.05) is 28.3 Å². The van der Waals surface area contributed by atoms with Gasteiger partial charge in [0.1, 0.15) is 0 Å². The maximum absolute atomic E-state index is 11.5. The van der Waals surface area contributed by atoms with Crippen LogP contribution in [0.1, 0.15) is 34.1 Å². The molecule has 3 atom stereocenters. The predicted octanol–water partition coefficient (Wildman–Crippen LogP) is 0.646. The van der Waals surface area contributed by atoms with Crippen molar-refractivity contribution in [2.45, 2.75) is 51.4 Å². The summed E-state index contributed by atoms with van der Waals surface area (Å²) in [7, 11) is -0.785. The molecule has 0 aliphatic carbocycles. The number of hydrogen-bond donors (Lipinski definition) is 2. The molecule has 4 nitrogen and oxygen atoms in total. The van der Waals surface area contributed by atoms with Gasteiger partial charge in [0.05, 0.1) is 6.04 Å². The van der Waals surface area contributed by atoms with E-state index in [0.717, 1.165) is 6.42 Å². The molecule has 3 unspecified atom stereocenters. The molecule has 5 heteroatoms. The smallest absolute Gasteiger partial charge is 0.237 e. The maximum Gasteiger partial charge on any atom is 0.237 e. The fourth-order valence-electron chi connectivity index (χ4n) is 1.17. The lowest BCUT2D eigenvalue weighted by Gasteiger charge is -2.16. The largest absolute Gasteiger partial charge is 0.353 e. The van der Waals surface area contributed by atoms with Gasteiger partial charge in [-0.1, -0.05) is 6.92 Å². The fraction of sp³-hybridized carbons (Fsp3) is 0.909. The van der Waals surface area contributed by atoms with Gasteiger partial charge in [-0.05, 0) is 33.7 Å². The molecule has 0 aliphatic rings. The Kier molecular flexibility index (Phi) is 7.58. The van der Waals surface area contributed by atoms with Crippen LogP contribution >= 0.6 is 0 Å². The molecule has 2 N–H and O–H groups in total. The molecular weight excluding hydrogens is 224 g/mol. The summed E-state index contributed by atoms with van der Waals surface area (Å²) in [5.41, 5.74) is 0. The highest BCUT2D eigenvalue weighted by molar-refractivity contribution is 7.84. The minimum absolute atomic E-state index is 0.0141. The van der Waals surface area contributed by atoms with Crippen molar-refractivity contribution in [2.24, 2.45) is 0 Å². The molecule has 0 fully saturated rings. The Morgan fingerprint density at radius 3 is 2.25 bits per heavy atom. The second-order valence-electron chi connectivity index (χ2n) is 4.44. The van der Waals surface area contributed by atoms with E-state index in [1.165, 1.54) is 0 Å². The average Bonchev–Trinajstić information content (AvgIpc) is 2.15. The van der Waals surface area contributed by atoms with Crippen LogP contribution in [-0.2, 0) is 15.6 Å². The van der Waals surface area contributed by atoms with Crippen LogP contribution < -0.4 is 10.6 Å². The minimum Gasteiger partial charge on any atom is -0.353 e. The highest BCUT2D eigenvalue weighted by Crippen LogP contribution is 1.97. The number of carbonyl (C=O) groups is 1. The Morgan fingerprint density at radius 2 is 1.81 bits per heavy atom. The van der Waals surface area contributed by atoms with Gasteiger partial charge in [0.2, 0.25) is 5.91 Å². The third kappa shape index (κ3) is 6.95. The summed E-state index contributed by atoms with van der Waals surface area (Å²) in [6.07, 6.45) is 2.53. The Labute approximate surface area is 101 Å². The van der Waals surface area contributed by atoms with E-state index in [1.807, 2.05) is 27.7 Å². The first kappa shape index (κ1) is 15.6. The van der Waals surface area contributed by atoms with E-state index in [9.17, 15) is 9.00 Å². The molecule has 0 radical (unpaired) electrons. The molecule has 0 saturated heterocycles. The zero-order valence-electron chi connectivity index (χ0n) is 10.9. The van der Waals surface area contributed by atoms with E-state index < -0.39 is 10.8 Å². The Hall–Kier alpha value is -0.420. The Bertz CT molecular complexity index is 244. The van der Waals surface area contributed by atoms with Crippen molar-refractivity contribution < 1.29 is 9.00 Å². The van der Waals surface area contributed by atoms with Gasteiger partial charge in [-0.3, -0.25) is 9.00 Å². The van der Waals surface area contributed by atoms with Crippen molar-refractivity contribution in [1.82, 2.24) is 10.6 Å². The third-order valence-corrected chi connectivity index (χ3v) is 3.76. The molecule has 0 aromatic rings. The number of carbonyl (C=O) groups excluding carboxylic acids is 1. The van der Waals surface area contributed by atoms with Gasteiger partial charge in [0.25, 0.3) is 0 Å². The van der Waals surface area contributed by atoms with Crippen LogP contribution in [-0.4, -0.2) is 40.3 Å². The number of amides is 1. The van der Waals surface area contributed by atoms with Crippen LogP contribution in [0.3, 0.4) is 0 Å². The summed E-state index contributed by atoms with van der Waals surface area (Å²) >= 11 is 0. The zero-order chi connectivity index (χ0) is 12.7. The molecule has 0 spiro atoms. The SMILES string of the molecule is CC(C)NC(=O)C(C)NCCC(C)S(C)=O. The summed E-state index contributed by atoms with van der Waals surface area (Å²) in [5.74, 6) is 0.0141. The fourth-order valence-corrected chi connectivity index (χ4v) is 1.62. The van der Waals surface area contributed by atoms with Crippen molar-refractivity contribution in [3.05, 3.63) is 0 Å². The van der Waals surface area contributed by atoms with Gasteiger partial charge in [-0.25, -0.2) is 0 Å². The summed E-state index contributed by atoms with van der Waals surface area (Å²) in [6.45, 7) is 8.38. The van der Waals surface area contributed by atoms with Crippen LogP contribution in [0.4, 0.5) is 0 Å². The second-order valence-corrected chi connectivity index (χ2v) is 6.24. The van der Waals surface area contributed by atoms with Crippen molar-refractivity contribution in [1.29, 1.82) is 0 Å². The van der Waals surface area contributed by atoms with Crippen LogP contribution in [0, 0.1) is 0 Å². The zero-order valence-corrected chi connectivity index (χ0v) is 11.7. The first-order valence-electron chi connectivity index (χ1n) is 5.70. The van der Waals surface area contributed by atoms with Crippen molar-refractivity contribution in [3.63, 3.8) is 0 Å². The lowest BCUT2D eigenvalue weighted by atomic mass is 10.2. The number of nitrogens with one attached hydrogen (secondary N) is 2. The van der Waals surface area contributed by atoms with E-state index in [4.69, 9.17) is 0 Å². The highest BCUT2D eigenvalue weighted by Gasteiger charge is 2.13. The van der Waals surface area contributed by atoms with Gasteiger partial charge in [-0.2, -0.15) is 0 Å². The van der Waals surface area contributed by atoms with E-state index in [-0.39, 0.29) is 23.2 Å². The standard InChI is InChI=1S/C11H24N2O2S/c1-8(2)13-11(14)10(4)12-7-6-9(3)16(5)15/h8-10,12H,6-7H2,1-5H3,(H,13,14). The van der Waals surface area contributed by atoms with Gasteiger partial charge in [0.15, 0.2) is 0 Å².